The summed E-state index contributed by atoms with van der Waals surface area (Å²) in [5.74, 6) is 0.326. The summed E-state index contributed by atoms with van der Waals surface area (Å²) in [6, 6.07) is 2.91. The third-order valence-electron chi connectivity index (χ3n) is 1.44. The van der Waals surface area contributed by atoms with Gasteiger partial charge in [-0.3, -0.25) is 19.9 Å². The van der Waals surface area contributed by atoms with Crippen molar-refractivity contribution in [3.05, 3.63) is 51.6 Å². The Kier molecular flexibility index (Phi) is 4.82. The lowest BCUT2D eigenvalue weighted by molar-refractivity contribution is -0.105. The molecule has 8 heteroatoms. The lowest BCUT2D eigenvalue weighted by atomic mass is 10.7. The van der Waals surface area contributed by atoms with Crippen LogP contribution < -0.4 is 16.6 Å². The van der Waals surface area contributed by atoms with Crippen molar-refractivity contribution in [2.45, 2.75) is 0 Å². The fraction of sp³-hybridized carbons (Fsp3) is 0. The van der Waals surface area contributed by atoms with Gasteiger partial charge in [0.15, 0.2) is 0 Å². The Hall–Kier alpha value is -2.77. The van der Waals surface area contributed by atoms with Gasteiger partial charge in [-0.2, -0.15) is 0 Å². The van der Waals surface area contributed by atoms with Gasteiger partial charge in [-0.25, -0.2) is 14.8 Å². The minimum absolute atomic E-state index is 0.326. The van der Waals surface area contributed by atoms with Gasteiger partial charge in [-0.05, 0) is 6.07 Å². The van der Waals surface area contributed by atoms with Crippen LogP contribution in [0.15, 0.2) is 40.3 Å². The zero-order valence-electron chi connectivity index (χ0n) is 8.58. The molecule has 1 amide bonds. The van der Waals surface area contributed by atoms with E-state index < -0.39 is 5.69 Å². The smallest absolute Gasteiger partial charge is 0.314 e. The summed E-state index contributed by atoms with van der Waals surface area (Å²) in [5, 5.41) is 2.30. The molecule has 8 nitrogen and oxygen atoms in total. The summed E-state index contributed by atoms with van der Waals surface area (Å²) in [6.45, 7) is 0. The molecule has 0 aliphatic rings. The van der Waals surface area contributed by atoms with Crippen LogP contribution in [-0.2, 0) is 4.79 Å². The summed E-state index contributed by atoms with van der Waals surface area (Å²) in [5.41, 5.74) is -0.855. The number of nitrogens with one attached hydrogen (secondary N) is 3. The van der Waals surface area contributed by atoms with Gasteiger partial charge in [-0.15, -0.1) is 0 Å². The predicted molar refractivity (Wildman–Crippen MR) is 59.4 cm³/mol. The van der Waals surface area contributed by atoms with E-state index in [0.717, 1.165) is 0 Å². The molecule has 2 aromatic heterocycles. The average molecular weight is 235 g/mol. The third-order valence-corrected chi connectivity index (χ3v) is 1.44. The van der Waals surface area contributed by atoms with Gasteiger partial charge in [0.2, 0.25) is 12.4 Å². The number of anilines is 1. The second-order valence-corrected chi connectivity index (χ2v) is 2.63. The normalized spacial score (nSPS) is 8.71. The topological polar surface area (TPSA) is 121 Å². The molecule has 0 aliphatic carbocycles. The highest BCUT2D eigenvalue weighted by molar-refractivity contribution is 5.66. The van der Waals surface area contributed by atoms with Gasteiger partial charge in [0.1, 0.15) is 0 Å². The van der Waals surface area contributed by atoms with E-state index in [1.807, 2.05) is 4.98 Å². The van der Waals surface area contributed by atoms with Gasteiger partial charge < -0.3 is 4.98 Å². The molecule has 0 unspecified atom stereocenters. The second kappa shape index (κ2) is 6.67. The monoisotopic (exact) mass is 235 g/mol. The Bertz CT molecular complexity index is 537. The number of hydrogen-bond donors (Lipinski definition) is 3. The number of amides is 1. The van der Waals surface area contributed by atoms with Crippen molar-refractivity contribution < 1.29 is 4.79 Å². The summed E-state index contributed by atoms with van der Waals surface area (Å²) in [4.78, 5) is 41.9. The Labute approximate surface area is 94.8 Å². The first kappa shape index (κ1) is 12.3. The van der Waals surface area contributed by atoms with Crippen molar-refractivity contribution in [2.75, 3.05) is 5.32 Å². The SMILES string of the molecule is O=CNc1ncccn1.O=c1cc[nH]c(=O)[nH]1. The van der Waals surface area contributed by atoms with E-state index in [1.165, 1.54) is 12.3 Å². The minimum atomic E-state index is -0.475. The molecule has 0 spiro atoms. The summed E-state index contributed by atoms with van der Waals surface area (Å²) in [6.07, 6.45) is 4.94. The lowest BCUT2D eigenvalue weighted by Gasteiger charge is -1.90. The maximum Gasteiger partial charge on any atom is 0.325 e. The van der Waals surface area contributed by atoms with E-state index in [4.69, 9.17) is 0 Å². The molecule has 0 aliphatic heterocycles. The van der Waals surface area contributed by atoms with Crippen LogP contribution in [0.1, 0.15) is 0 Å². The van der Waals surface area contributed by atoms with Crippen molar-refractivity contribution in [1.82, 2.24) is 19.9 Å². The highest BCUT2D eigenvalue weighted by Gasteiger charge is 1.85. The van der Waals surface area contributed by atoms with Crippen molar-refractivity contribution in [3.8, 4) is 0 Å². The van der Waals surface area contributed by atoms with Crippen LogP contribution in [0.25, 0.3) is 0 Å². The lowest BCUT2D eigenvalue weighted by Crippen LogP contribution is -2.19. The quantitative estimate of drug-likeness (QED) is 0.583. The summed E-state index contributed by atoms with van der Waals surface area (Å²) in [7, 11) is 0. The molecule has 3 N–H and O–H groups in total. The van der Waals surface area contributed by atoms with Crippen LogP contribution in [0, 0.1) is 0 Å². The molecule has 0 atom stereocenters. The van der Waals surface area contributed by atoms with Crippen LogP contribution in [0.3, 0.4) is 0 Å². The number of carbonyl (C=O) groups is 1. The Morgan fingerprint density at radius 2 is 1.94 bits per heavy atom. The fourth-order valence-electron chi connectivity index (χ4n) is 0.809. The van der Waals surface area contributed by atoms with Gasteiger partial charge >= 0.3 is 5.69 Å². The van der Waals surface area contributed by atoms with Crippen LogP contribution in [0.4, 0.5) is 5.95 Å². The molecule has 0 saturated heterocycles. The van der Waals surface area contributed by atoms with Crippen molar-refractivity contribution in [2.24, 2.45) is 0 Å². The molecule has 17 heavy (non-hydrogen) atoms. The molecular formula is C9H9N5O3. The van der Waals surface area contributed by atoms with Crippen LogP contribution in [0.5, 0.6) is 0 Å². The molecule has 0 aromatic carbocycles. The van der Waals surface area contributed by atoms with Crippen molar-refractivity contribution >= 4 is 12.4 Å². The maximum absolute atomic E-state index is 10.2. The van der Waals surface area contributed by atoms with E-state index >= 15 is 0 Å². The van der Waals surface area contributed by atoms with E-state index in [0.29, 0.717) is 12.4 Å². The largest absolute Gasteiger partial charge is 0.325 e. The number of hydrogen-bond acceptors (Lipinski definition) is 5. The maximum atomic E-state index is 10.2. The number of aromatic nitrogens is 4. The molecule has 2 heterocycles. The van der Waals surface area contributed by atoms with Crippen LogP contribution in [0.2, 0.25) is 0 Å². The number of nitrogens with zero attached hydrogens (tertiary/aromatic N) is 2. The number of H-pyrrole nitrogens is 2. The first-order chi connectivity index (χ1) is 8.22. The molecular weight excluding hydrogens is 226 g/mol. The van der Waals surface area contributed by atoms with Gasteiger partial charge in [0, 0.05) is 24.7 Å². The van der Waals surface area contributed by atoms with E-state index in [2.05, 4.69) is 20.3 Å². The number of rotatable bonds is 2. The van der Waals surface area contributed by atoms with Crippen LogP contribution in [-0.4, -0.2) is 26.3 Å². The average Bonchev–Trinajstić information content (AvgIpc) is 2.31. The first-order valence-electron chi connectivity index (χ1n) is 4.47. The zero-order chi connectivity index (χ0) is 12.5. The Morgan fingerprint density at radius 1 is 1.24 bits per heavy atom. The Morgan fingerprint density at radius 3 is 2.41 bits per heavy atom. The standard InChI is InChI=1S/C5H5N3O.C4H4N2O2/c9-4-8-5-6-2-1-3-7-5;7-3-1-2-5-4(8)6-3/h1-4H,(H,6,7,8,9);1-2H,(H2,5,6,7,8). The van der Waals surface area contributed by atoms with E-state index in [1.54, 1.807) is 18.5 Å². The number of carbonyl (C=O) groups excluding carboxylic acids is 1. The molecule has 88 valence electrons. The molecule has 2 rings (SSSR count). The van der Waals surface area contributed by atoms with E-state index in [9.17, 15) is 14.4 Å². The summed E-state index contributed by atoms with van der Waals surface area (Å²) < 4.78 is 0. The molecule has 0 radical (unpaired) electrons. The first-order valence-corrected chi connectivity index (χ1v) is 4.47. The predicted octanol–water partition coefficient (Wildman–Crippen LogP) is -0.892. The third kappa shape index (κ3) is 5.02. The van der Waals surface area contributed by atoms with Crippen molar-refractivity contribution in [3.63, 3.8) is 0 Å². The highest BCUT2D eigenvalue weighted by Crippen LogP contribution is 1.89. The minimum Gasteiger partial charge on any atom is -0.314 e. The summed E-state index contributed by atoms with van der Waals surface area (Å²) >= 11 is 0. The van der Waals surface area contributed by atoms with Crippen molar-refractivity contribution in [1.29, 1.82) is 0 Å². The Balaban J connectivity index is 0.000000171. The van der Waals surface area contributed by atoms with Gasteiger partial charge in [0.25, 0.3) is 5.56 Å². The van der Waals surface area contributed by atoms with Crippen LogP contribution >= 0.6 is 0 Å². The fourth-order valence-corrected chi connectivity index (χ4v) is 0.809. The number of aromatic amines is 2. The molecule has 0 bridgehead atoms. The highest BCUT2D eigenvalue weighted by atomic mass is 16.2. The second-order valence-electron chi connectivity index (χ2n) is 2.63. The molecule has 0 saturated carbocycles. The molecule has 2 aromatic rings. The van der Waals surface area contributed by atoms with Gasteiger partial charge in [0.05, 0.1) is 0 Å². The molecule has 0 fully saturated rings. The van der Waals surface area contributed by atoms with Gasteiger partial charge in [-0.1, -0.05) is 0 Å². The zero-order valence-corrected chi connectivity index (χ0v) is 8.58. The van der Waals surface area contributed by atoms with E-state index in [-0.39, 0.29) is 5.56 Å².